The maximum Gasteiger partial charge on any atom is 0.0601 e. The van der Waals surface area contributed by atoms with Gasteiger partial charge < -0.3 is 4.74 Å². The van der Waals surface area contributed by atoms with Crippen LogP contribution >= 0.6 is 0 Å². The minimum absolute atomic E-state index is 0.538. The highest BCUT2D eigenvalue weighted by atomic mass is 16.5. The van der Waals surface area contributed by atoms with Crippen LogP contribution in [0.15, 0.2) is 0 Å². The molecule has 82 valence electrons. The quantitative estimate of drug-likeness (QED) is 0.688. The van der Waals surface area contributed by atoms with E-state index in [0.29, 0.717) is 6.10 Å². The van der Waals surface area contributed by atoms with Crippen LogP contribution < -0.4 is 0 Å². The van der Waals surface area contributed by atoms with Gasteiger partial charge in [-0.25, -0.2) is 0 Å². The number of nitrogens with zero attached hydrogens (tertiary/aromatic N) is 1. The lowest BCUT2D eigenvalue weighted by atomic mass is 9.98. The lowest BCUT2D eigenvalue weighted by molar-refractivity contribution is 0.00175. The second-order valence-corrected chi connectivity index (χ2v) is 5.30. The Morgan fingerprint density at radius 1 is 1.21 bits per heavy atom. The Hall–Kier alpha value is -0.0800. The average Bonchev–Trinajstić information content (AvgIpc) is 2.38. The van der Waals surface area contributed by atoms with Crippen LogP contribution in [0.5, 0.6) is 0 Å². The van der Waals surface area contributed by atoms with Gasteiger partial charge >= 0.3 is 0 Å². The first-order chi connectivity index (χ1) is 6.70. The van der Waals surface area contributed by atoms with E-state index in [2.05, 4.69) is 18.7 Å². The molecule has 2 aliphatic rings. The SMILES string of the molecule is COC1CC2CCC(C1)N2CC(C)C. The van der Waals surface area contributed by atoms with E-state index in [9.17, 15) is 0 Å². The molecule has 0 spiro atoms. The number of hydrogen-bond acceptors (Lipinski definition) is 2. The van der Waals surface area contributed by atoms with Crippen molar-refractivity contribution in [3.63, 3.8) is 0 Å². The van der Waals surface area contributed by atoms with Crippen molar-refractivity contribution in [2.45, 2.75) is 57.7 Å². The summed E-state index contributed by atoms with van der Waals surface area (Å²) < 4.78 is 5.50. The fourth-order valence-corrected chi connectivity index (χ4v) is 3.14. The Balaban J connectivity index is 1.96. The molecule has 2 nitrogen and oxygen atoms in total. The normalized spacial score (nSPS) is 38.1. The van der Waals surface area contributed by atoms with Crippen LogP contribution in [-0.2, 0) is 4.74 Å². The van der Waals surface area contributed by atoms with Gasteiger partial charge in [-0.3, -0.25) is 4.90 Å². The molecule has 2 rings (SSSR count). The molecule has 2 heteroatoms. The zero-order valence-corrected chi connectivity index (χ0v) is 9.70. The second-order valence-electron chi connectivity index (χ2n) is 5.30. The summed E-state index contributed by atoms with van der Waals surface area (Å²) in [5, 5.41) is 0. The minimum Gasteiger partial charge on any atom is -0.381 e. The number of hydrogen-bond donors (Lipinski definition) is 0. The Labute approximate surface area is 87.6 Å². The maximum atomic E-state index is 5.50. The van der Waals surface area contributed by atoms with Crippen molar-refractivity contribution in [3.8, 4) is 0 Å². The van der Waals surface area contributed by atoms with Crippen molar-refractivity contribution in [2.24, 2.45) is 5.92 Å². The molecular formula is C12H23NO. The highest BCUT2D eigenvalue weighted by molar-refractivity contribution is 4.95. The van der Waals surface area contributed by atoms with Gasteiger partial charge in [0.2, 0.25) is 0 Å². The van der Waals surface area contributed by atoms with E-state index in [0.717, 1.165) is 18.0 Å². The van der Waals surface area contributed by atoms with Crippen molar-refractivity contribution in [2.75, 3.05) is 13.7 Å². The molecule has 0 amide bonds. The van der Waals surface area contributed by atoms with E-state index >= 15 is 0 Å². The molecule has 2 fully saturated rings. The average molecular weight is 197 g/mol. The van der Waals surface area contributed by atoms with Crippen LogP contribution in [0.3, 0.4) is 0 Å². The van der Waals surface area contributed by atoms with Gasteiger partial charge in [-0.05, 0) is 31.6 Å². The standard InChI is InChI=1S/C12H23NO/c1-9(2)8-13-10-4-5-11(13)7-12(6-10)14-3/h9-12H,4-8H2,1-3H3. The van der Waals surface area contributed by atoms with Gasteiger partial charge in [0.25, 0.3) is 0 Å². The van der Waals surface area contributed by atoms with Gasteiger partial charge in [0.15, 0.2) is 0 Å². The topological polar surface area (TPSA) is 12.5 Å². The molecule has 0 N–H and O–H groups in total. The summed E-state index contributed by atoms with van der Waals surface area (Å²) in [4.78, 5) is 2.74. The van der Waals surface area contributed by atoms with Crippen molar-refractivity contribution < 1.29 is 4.74 Å². The summed E-state index contributed by atoms with van der Waals surface area (Å²) in [6.07, 6.45) is 5.87. The molecule has 2 atom stereocenters. The molecule has 0 radical (unpaired) electrons. The van der Waals surface area contributed by atoms with Crippen LogP contribution in [0.2, 0.25) is 0 Å². The van der Waals surface area contributed by atoms with E-state index in [1.807, 2.05) is 7.11 Å². The minimum atomic E-state index is 0.538. The molecule has 0 saturated carbocycles. The van der Waals surface area contributed by atoms with Gasteiger partial charge in [-0.2, -0.15) is 0 Å². The van der Waals surface area contributed by atoms with E-state index < -0.39 is 0 Å². The Kier molecular flexibility index (Phi) is 3.13. The van der Waals surface area contributed by atoms with Gasteiger partial charge in [-0.1, -0.05) is 13.8 Å². The zero-order valence-electron chi connectivity index (χ0n) is 9.70. The fraction of sp³-hybridized carbons (Fsp3) is 1.00. The predicted molar refractivity (Wildman–Crippen MR) is 58.4 cm³/mol. The first-order valence-corrected chi connectivity index (χ1v) is 5.99. The molecule has 2 saturated heterocycles. The molecule has 0 aromatic carbocycles. The summed E-state index contributed by atoms with van der Waals surface area (Å²) in [6, 6.07) is 1.64. The third-order valence-corrected chi connectivity index (χ3v) is 3.75. The van der Waals surface area contributed by atoms with Crippen LogP contribution in [-0.4, -0.2) is 36.7 Å². The summed E-state index contributed by atoms with van der Waals surface area (Å²) >= 11 is 0. The summed E-state index contributed by atoms with van der Waals surface area (Å²) in [5.74, 6) is 0.803. The Bertz CT molecular complexity index is 179. The van der Waals surface area contributed by atoms with Gasteiger partial charge in [0.05, 0.1) is 6.10 Å². The van der Waals surface area contributed by atoms with Crippen molar-refractivity contribution in [3.05, 3.63) is 0 Å². The maximum absolute atomic E-state index is 5.50. The molecule has 14 heavy (non-hydrogen) atoms. The van der Waals surface area contributed by atoms with Crippen molar-refractivity contribution >= 4 is 0 Å². The second kappa shape index (κ2) is 4.19. The van der Waals surface area contributed by atoms with E-state index in [4.69, 9.17) is 4.74 Å². The van der Waals surface area contributed by atoms with Crippen molar-refractivity contribution in [1.29, 1.82) is 0 Å². The third-order valence-electron chi connectivity index (χ3n) is 3.75. The third kappa shape index (κ3) is 1.96. The van der Waals surface area contributed by atoms with Gasteiger partial charge in [0, 0.05) is 25.7 Å². The van der Waals surface area contributed by atoms with Crippen molar-refractivity contribution in [1.82, 2.24) is 4.90 Å². The van der Waals surface area contributed by atoms with E-state index in [1.165, 1.54) is 32.2 Å². The van der Waals surface area contributed by atoms with Crippen LogP contribution in [0.25, 0.3) is 0 Å². The van der Waals surface area contributed by atoms with Crippen LogP contribution in [0.1, 0.15) is 39.5 Å². The summed E-state index contributed by atoms with van der Waals surface area (Å²) in [5.41, 5.74) is 0. The molecule has 2 heterocycles. The van der Waals surface area contributed by atoms with E-state index in [-0.39, 0.29) is 0 Å². The molecule has 2 aliphatic heterocycles. The smallest absolute Gasteiger partial charge is 0.0601 e. The highest BCUT2D eigenvalue weighted by Crippen LogP contribution is 2.36. The Morgan fingerprint density at radius 3 is 2.21 bits per heavy atom. The number of ether oxygens (including phenoxy) is 1. The molecule has 2 bridgehead atoms. The van der Waals surface area contributed by atoms with E-state index in [1.54, 1.807) is 0 Å². The molecule has 2 unspecified atom stereocenters. The van der Waals surface area contributed by atoms with Gasteiger partial charge in [0.1, 0.15) is 0 Å². The lowest BCUT2D eigenvalue weighted by Gasteiger charge is -2.39. The number of methoxy groups -OCH3 is 1. The number of piperidine rings is 1. The molecule has 0 aromatic heterocycles. The molecule has 0 aromatic rings. The summed E-state index contributed by atoms with van der Waals surface area (Å²) in [6.45, 7) is 5.93. The highest BCUT2D eigenvalue weighted by Gasteiger charge is 2.40. The predicted octanol–water partition coefficient (Wildman–Crippen LogP) is 2.28. The summed E-state index contributed by atoms with van der Waals surface area (Å²) in [7, 11) is 1.86. The number of rotatable bonds is 3. The lowest BCUT2D eigenvalue weighted by Crippen LogP contribution is -2.46. The monoisotopic (exact) mass is 197 g/mol. The van der Waals surface area contributed by atoms with Gasteiger partial charge in [-0.15, -0.1) is 0 Å². The number of fused-ring (bicyclic) bond motifs is 2. The van der Waals surface area contributed by atoms with Crippen LogP contribution in [0, 0.1) is 5.92 Å². The molecular weight excluding hydrogens is 174 g/mol. The molecule has 0 aliphatic carbocycles. The first kappa shape index (κ1) is 10.4. The Morgan fingerprint density at radius 2 is 1.79 bits per heavy atom. The zero-order chi connectivity index (χ0) is 10.1. The van der Waals surface area contributed by atoms with Crippen LogP contribution in [0.4, 0.5) is 0 Å². The fourth-order valence-electron chi connectivity index (χ4n) is 3.14. The first-order valence-electron chi connectivity index (χ1n) is 5.99. The largest absolute Gasteiger partial charge is 0.381 e.